The second kappa shape index (κ2) is 6.83. The van der Waals surface area contributed by atoms with Gasteiger partial charge in [0.25, 0.3) is 5.91 Å². The second-order valence-electron chi connectivity index (χ2n) is 6.98. The summed E-state index contributed by atoms with van der Waals surface area (Å²) in [6.45, 7) is 3.70. The lowest BCUT2D eigenvalue weighted by atomic mass is 10.0. The highest BCUT2D eigenvalue weighted by Gasteiger charge is 2.19. The van der Waals surface area contributed by atoms with Crippen molar-refractivity contribution in [3.8, 4) is 5.75 Å². The van der Waals surface area contributed by atoms with E-state index in [0.29, 0.717) is 18.0 Å². The number of aromatic nitrogens is 2. The van der Waals surface area contributed by atoms with E-state index in [1.807, 2.05) is 42.5 Å². The third kappa shape index (κ3) is 3.05. The molecule has 5 nitrogen and oxygen atoms in total. The number of ether oxygens (including phenoxy) is 1. The highest BCUT2D eigenvalue weighted by molar-refractivity contribution is 5.97. The van der Waals surface area contributed by atoms with Crippen LogP contribution < -0.4 is 10.1 Å². The predicted molar refractivity (Wildman–Crippen MR) is 101 cm³/mol. The van der Waals surface area contributed by atoms with Crippen LogP contribution in [0.25, 0.3) is 11.0 Å². The lowest BCUT2D eigenvalue weighted by molar-refractivity contribution is 0.0951. The molecule has 0 aliphatic carbocycles. The molecule has 0 radical (unpaired) electrons. The van der Waals surface area contributed by atoms with Crippen molar-refractivity contribution in [3.63, 3.8) is 0 Å². The fraction of sp³-hybridized carbons (Fsp3) is 0.333. The maximum Gasteiger partial charge on any atom is 0.251 e. The minimum Gasteiger partial charge on any atom is -0.496 e. The van der Waals surface area contributed by atoms with E-state index in [9.17, 15) is 4.79 Å². The Kier molecular flexibility index (Phi) is 4.37. The fourth-order valence-corrected chi connectivity index (χ4v) is 3.62. The van der Waals surface area contributed by atoms with Crippen LogP contribution in [-0.4, -0.2) is 22.6 Å². The van der Waals surface area contributed by atoms with Crippen molar-refractivity contribution in [2.24, 2.45) is 5.92 Å². The first-order valence-corrected chi connectivity index (χ1v) is 9.05. The van der Waals surface area contributed by atoms with Gasteiger partial charge in [-0.05, 0) is 36.6 Å². The molecule has 5 heteroatoms. The Labute approximate surface area is 153 Å². The van der Waals surface area contributed by atoms with Crippen LogP contribution in [0.1, 0.15) is 35.1 Å². The fourth-order valence-electron chi connectivity index (χ4n) is 3.62. The Hall–Kier alpha value is -2.82. The molecule has 134 valence electrons. The number of methoxy groups -OCH3 is 1. The van der Waals surface area contributed by atoms with Crippen molar-refractivity contribution in [3.05, 3.63) is 59.4 Å². The highest BCUT2D eigenvalue weighted by atomic mass is 16.5. The van der Waals surface area contributed by atoms with E-state index in [-0.39, 0.29) is 5.91 Å². The van der Waals surface area contributed by atoms with Gasteiger partial charge in [-0.15, -0.1) is 0 Å². The molecule has 1 N–H and O–H groups in total. The van der Waals surface area contributed by atoms with Crippen molar-refractivity contribution in [1.29, 1.82) is 0 Å². The number of nitrogens with zero attached hydrogens (tertiary/aromatic N) is 2. The summed E-state index contributed by atoms with van der Waals surface area (Å²) >= 11 is 0. The maximum atomic E-state index is 12.6. The molecule has 0 saturated heterocycles. The Morgan fingerprint density at radius 3 is 3.00 bits per heavy atom. The zero-order valence-electron chi connectivity index (χ0n) is 15.2. The number of rotatable bonds is 4. The summed E-state index contributed by atoms with van der Waals surface area (Å²) in [7, 11) is 1.63. The molecule has 0 bridgehead atoms. The molecule has 0 saturated carbocycles. The number of hydrogen-bond donors (Lipinski definition) is 1. The smallest absolute Gasteiger partial charge is 0.251 e. The number of imidazole rings is 1. The number of nitrogens with one attached hydrogen (secondary N) is 1. The van der Waals surface area contributed by atoms with Crippen LogP contribution >= 0.6 is 0 Å². The third-order valence-corrected chi connectivity index (χ3v) is 5.10. The zero-order valence-corrected chi connectivity index (χ0v) is 15.2. The summed E-state index contributed by atoms with van der Waals surface area (Å²) < 4.78 is 7.62. The molecule has 4 rings (SSSR count). The van der Waals surface area contributed by atoms with E-state index >= 15 is 0 Å². The maximum absolute atomic E-state index is 12.6. The first kappa shape index (κ1) is 16.6. The number of carbonyl (C=O) groups is 1. The topological polar surface area (TPSA) is 56.1 Å². The SMILES string of the molecule is COc1ccccc1CNC(=O)c1ccc2c(c1)nc1n2CCC(C)C1. The average Bonchev–Trinajstić information content (AvgIpc) is 3.02. The molecule has 1 unspecified atom stereocenters. The number of para-hydroxylation sites is 1. The molecule has 2 heterocycles. The van der Waals surface area contributed by atoms with Crippen LogP contribution in [0.5, 0.6) is 5.75 Å². The largest absolute Gasteiger partial charge is 0.496 e. The number of amides is 1. The minimum absolute atomic E-state index is 0.0999. The Morgan fingerprint density at radius 2 is 2.15 bits per heavy atom. The van der Waals surface area contributed by atoms with E-state index in [4.69, 9.17) is 9.72 Å². The summed E-state index contributed by atoms with van der Waals surface area (Å²) in [5.74, 6) is 2.48. The van der Waals surface area contributed by atoms with Gasteiger partial charge in [-0.25, -0.2) is 4.98 Å². The van der Waals surface area contributed by atoms with E-state index in [1.54, 1.807) is 7.11 Å². The van der Waals surface area contributed by atoms with Gasteiger partial charge < -0.3 is 14.6 Å². The summed E-state index contributed by atoms with van der Waals surface area (Å²) in [5, 5.41) is 2.97. The van der Waals surface area contributed by atoms with Crippen molar-refractivity contribution in [2.45, 2.75) is 32.9 Å². The van der Waals surface area contributed by atoms with Crippen LogP contribution in [0.3, 0.4) is 0 Å². The lowest BCUT2D eigenvalue weighted by Crippen LogP contribution is -2.23. The summed E-state index contributed by atoms with van der Waals surface area (Å²) in [4.78, 5) is 17.3. The van der Waals surface area contributed by atoms with Crippen molar-refractivity contribution < 1.29 is 9.53 Å². The van der Waals surface area contributed by atoms with Gasteiger partial charge in [-0.3, -0.25) is 4.79 Å². The monoisotopic (exact) mass is 349 g/mol. The zero-order chi connectivity index (χ0) is 18.1. The summed E-state index contributed by atoms with van der Waals surface area (Å²) in [6.07, 6.45) is 2.18. The molecule has 2 aromatic carbocycles. The van der Waals surface area contributed by atoms with Gasteiger partial charge in [0.2, 0.25) is 0 Å². The number of hydrogen-bond acceptors (Lipinski definition) is 3. The van der Waals surface area contributed by atoms with Gasteiger partial charge in [0, 0.05) is 30.6 Å². The number of carbonyl (C=O) groups excluding carboxylic acids is 1. The van der Waals surface area contributed by atoms with Gasteiger partial charge in [-0.1, -0.05) is 25.1 Å². The van der Waals surface area contributed by atoms with Crippen molar-refractivity contribution in [1.82, 2.24) is 14.9 Å². The van der Waals surface area contributed by atoms with E-state index in [2.05, 4.69) is 16.8 Å². The highest BCUT2D eigenvalue weighted by Crippen LogP contribution is 2.26. The van der Waals surface area contributed by atoms with Gasteiger partial charge in [-0.2, -0.15) is 0 Å². The van der Waals surface area contributed by atoms with Crippen LogP contribution in [0.15, 0.2) is 42.5 Å². The summed E-state index contributed by atoms with van der Waals surface area (Å²) in [6, 6.07) is 13.5. The van der Waals surface area contributed by atoms with Crippen LogP contribution in [0.2, 0.25) is 0 Å². The Morgan fingerprint density at radius 1 is 1.31 bits per heavy atom. The van der Waals surface area contributed by atoms with Crippen LogP contribution in [-0.2, 0) is 19.5 Å². The van der Waals surface area contributed by atoms with Gasteiger partial charge in [0.05, 0.1) is 18.1 Å². The first-order chi connectivity index (χ1) is 12.7. The Bertz CT molecular complexity index is 961. The molecule has 0 fully saturated rings. The molecular formula is C21H23N3O2. The standard InChI is InChI=1S/C21H23N3O2/c1-14-9-10-24-18-8-7-15(12-17(18)23-20(24)11-14)21(25)22-13-16-5-3-4-6-19(16)26-2/h3-8,12,14H,9-11,13H2,1-2H3,(H,22,25). The van der Waals surface area contributed by atoms with Crippen LogP contribution in [0.4, 0.5) is 0 Å². The average molecular weight is 349 g/mol. The van der Waals surface area contributed by atoms with Crippen molar-refractivity contribution in [2.75, 3.05) is 7.11 Å². The first-order valence-electron chi connectivity index (χ1n) is 9.05. The van der Waals surface area contributed by atoms with Gasteiger partial charge in [0.1, 0.15) is 11.6 Å². The molecule has 1 aliphatic heterocycles. The van der Waals surface area contributed by atoms with Gasteiger partial charge >= 0.3 is 0 Å². The van der Waals surface area contributed by atoms with E-state index in [1.165, 1.54) is 6.42 Å². The minimum atomic E-state index is -0.0999. The molecule has 1 aromatic heterocycles. The normalized spacial score (nSPS) is 16.3. The molecule has 1 amide bonds. The molecule has 1 aliphatic rings. The molecule has 1 atom stereocenters. The number of aryl methyl sites for hydroxylation is 1. The van der Waals surface area contributed by atoms with Crippen LogP contribution in [0, 0.1) is 5.92 Å². The quantitative estimate of drug-likeness (QED) is 0.783. The third-order valence-electron chi connectivity index (χ3n) is 5.10. The predicted octanol–water partition coefficient (Wildman–Crippen LogP) is 3.56. The van der Waals surface area contributed by atoms with E-state index in [0.717, 1.165) is 41.1 Å². The van der Waals surface area contributed by atoms with E-state index < -0.39 is 0 Å². The van der Waals surface area contributed by atoms with Crippen molar-refractivity contribution >= 4 is 16.9 Å². The molecule has 26 heavy (non-hydrogen) atoms. The molecule has 0 spiro atoms. The van der Waals surface area contributed by atoms with Gasteiger partial charge in [0.15, 0.2) is 0 Å². The lowest BCUT2D eigenvalue weighted by Gasteiger charge is -2.20. The number of fused-ring (bicyclic) bond motifs is 3. The Balaban J connectivity index is 1.54. The second-order valence-corrected chi connectivity index (χ2v) is 6.98. The summed E-state index contributed by atoms with van der Waals surface area (Å²) in [5.41, 5.74) is 3.61. The molecule has 3 aromatic rings. The molecular weight excluding hydrogens is 326 g/mol. The number of benzene rings is 2.